The maximum absolute atomic E-state index is 13.8. The molecule has 13 nitrogen and oxygen atoms in total. The summed E-state index contributed by atoms with van der Waals surface area (Å²) in [5.74, 6) is -1.17. The van der Waals surface area contributed by atoms with Gasteiger partial charge in [0.25, 0.3) is 12.3 Å². The van der Waals surface area contributed by atoms with Crippen LogP contribution in [0, 0.1) is 5.92 Å². The van der Waals surface area contributed by atoms with Crippen molar-refractivity contribution in [2.75, 3.05) is 23.8 Å². The van der Waals surface area contributed by atoms with Crippen molar-refractivity contribution in [3.05, 3.63) is 60.5 Å². The second-order valence-electron chi connectivity index (χ2n) is 11.5. The minimum absolute atomic E-state index is 0.0488. The summed E-state index contributed by atoms with van der Waals surface area (Å²) < 4.78 is 39.9. The highest BCUT2D eigenvalue weighted by Crippen LogP contribution is 2.33. The van der Waals surface area contributed by atoms with Crippen molar-refractivity contribution < 1.29 is 37.4 Å². The molecule has 15 heteroatoms. The van der Waals surface area contributed by atoms with Crippen molar-refractivity contribution in [3.8, 4) is 11.5 Å². The Hall–Kier alpha value is -5.08. The molecule has 1 fully saturated rings. The van der Waals surface area contributed by atoms with Gasteiger partial charge in [-0.25, -0.2) is 33.0 Å². The molecular weight excluding hydrogens is 580 g/mol. The number of allylic oxidation sites excluding steroid dienone is 2. The molecule has 0 radical (unpaired) electrons. The summed E-state index contributed by atoms with van der Waals surface area (Å²) in [7, 11) is 1.53. The molecule has 1 aliphatic carbocycles. The number of pyridine rings is 1. The van der Waals surface area contributed by atoms with Gasteiger partial charge in [-0.15, -0.1) is 0 Å². The summed E-state index contributed by atoms with van der Waals surface area (Å²) in [6, 6.07) is 2.27. The molecule has 2 amide bonds. The Morgan fingerprint density at radius 2 is 2.02 bits per heavy atom. The van der Waals surface area contributed by atoms with Gasteiger partial charge in [0.2, 0.25) is 5.89 Å². The van der Waals surface area contributed by atoms with Crippen molar-refractivity contribution in [1.29, 1.82) is 0 Å². The highest BCUT2D eigenvalue weighted by Gasteiger charge is 2.32. The molecule has 3 aromatic rings. The van der Waals surface area contributed by atoms with E-state index >= 15 is 0 Å². The minimum Gasteiger partial charge on any atom is -0.479 e. The molecule has 1 saturated carbocycles. The van der Waals surface area contributed by atoms with E-state index in [0.29, 0.717) is 29.5 Å². The summed E-state index contributed by atoms with van der Waals surface area (Å²) in [6.45, 7) is 5.77. The molecule has 1 atom stereocenters. The first-order valence-corrected chi connectivity index (χ1v) is 13.8. The number of carboxylic acids is 1. The number of halogens is 2. The molecule has 0 saturated heterocycles. The highest BCUT2D eigenvalue weighted by molar-refractivity contribution is 6.03. The molecule has 2 N–H and O–H groups in total. The fraction of sp³-hybridized carbons (Fsp3) is 0.379. The zero-order valence-electron chi connectivity index (χ0n) is 24.4. The van der Waals surface area contributed by atoms with Crippen molar-refractivity contribution in [1.82, 2.24) is 24.6 Å². The van der Waals surface area contributed by atoms with Crippen molar-refractivity contribution in [2.24, 2.45) is 5.92 Å². The number of rotatable bonds is 9. The normalized spacial score (nSPS) is 16.6. The lowest BCUT2D eigenvalue weighted by Crippen LogP contribution is -2.38. The van der Waals surface area contributed by atoms with Crippen molar-refractivity contribution in [2.45, 2.75) is 51.7 Å². The van der Waals surface area contributed by atoms with Gasteiger partial charge in [0.05, 0.1) is 17.6 Å². The first kappa shape index (κ1) is 30.4. The third-order valence-electron chi connectivity index (χ3n) is 6.70. The van der Waals surface area contributed by atoms with Crippen LogP contribution in [0.1, 0.15) is 56.2 Å². The van der Waals surface area contributed by atoms with Crippen LogP contribution >= 0.6 is 0 Å². The van der Waals surface area contributed by atoms with Gasteiger partial charge in [0, 0.05) is 31.6 Å². The molecule has 1 aliphatic heterocycles. The molecular formula is C29H31F2N7O6. The van der Waals surface area contributed by atoms with Gasteiger partial charge in [-0.1, -0.05) is 0 Å². The van der Waals surface area contributed by atoms with E-state index < -0.39 is 41.7 Å². The van der Waals surface area contributed by atoms with Crippen LogP contribution in [-0.2, 0) is 9.53 Å². The third kappa shape index (κ3) is 6.93. The summed E-state index contributed by atoms with van der Waals surface area (Å²) >= 11 is 0. The number of aliphatic carboxylic acids is 1. The first-order valence-electron chi connectivity index (χ1n) is 13.8. The third-order valence-corrected chi connectivity index (χ3v) is 6.70. The van der Waals surface area contributed by atoms with Crippen molar-refractivity contribution >= 4 is 35.2 Å². The lowest BCUT2D eigenvalue weighted by molar-refractivity contribution is -0.140. The average molecular weight is 612 g/mol. The molecule has 0 bridgehead atoms. The Balaban J connectivity index is 1.34. The van der Waals surface area contributed by atoms with Crippen LogP contribution in [0.15, 0.2) is 53.6 Å². The largest absolute Gasteiger partial charge is 0.479 e. The smallest absolute Gasteiger partial charge is 0.416 e. The second kappa shape index (κ2) is 11.9. The van der Waals surface area contributed by atoms with Gasteiger partial charge in [0.1, 0.15) is 23.7 Å². The summed E-state index contributed by atoms with van der Waals surface area (Å²) in [4.78, 5) is 48.7. The monoisotopic (exact) mass is 611 g/mol. The van der Waals surface area contributed by atoms with Crippen molar-refractivity contribution in [3.63, 3.8) is 0 Å². The minimum atomic E-state index is -3.02. The number of carbonyl (C=O) groups is 3. The van der Waals surface area contributed by atoms with Gasteiger partial charge < -0.3 is 24.5 Å². The summed E-state index contributed by atoms with van der Waals surface area (Å²) in [5.41, 5.74) is -1.09. The van der Waals surface area contributed by atoms with E-state index in [-0.39, 0.29) is 17.3 Å². The van der Waals surface area contributed by atoms with E-state index in [1.165, 1.54) is 47.6 Å². The van der Waals surface area contributed by atoms with E-state index in [2.05, 4.69) is 20.4 Å². The van der Waals surface area contributed by atoms with Crippen LogP contribution in [0.5, 0.6) is 0 Å². The van der Waals surface area contributed by atoms with Gasteiger partial charge in [-0.05, 0) is 63.8 Å². The molecule has 44 heavy (non-hydrogen) atoms. The Kier molecular flexibility index (Phi) is 8.21. The number of carboxylic acid groups (broad SMARTS) is 1. The molecule has 2 aliphatic rings. The zero-order valence-corrected chi connectivity index (χ0v) is 24.4. The summed E-state index contributed by atoms with van der Waals surface area (Å²) in [5, 5.41) is 15.6. The van der Waals surface area contributed by atoms with Crippen LogP contribution < -0.4 is 10.2 Å². The average Bonchev–Trinajstić information content (AvgIpc) is 3.45. The molecule has 232 valence electrons. The van der Waals surface area contributed by atoms with Crippen LogP contribution in [0.2, 0.25) is 0 Å². The lowest BCUT2D eigenvalue weighted by atomic mass is 10.2. The number of anilines is 2. The predicted octanol–water partition coefficient (Wildman–Crippen LogP) is 5.03. The van der Waals surface area contributed by atoms with Crippen LogP contribution in [0.25, 0.3) is 17.2 Å². The maximum atomic E-state index is 13.8. The number of carbonyl (C=O) groups excluding carboxylic acids is 2. The number of nitrogens with zero attached hydrogens (tertiary/aromatic N) is 6. The van der Waals surface area contributed by atoms with E-state index in [4.69, 9.17) is 9.15 Å². The molecule has 0 aromatic carbocycles. The van der Waals surface area contributed by atoms with Crippen LogP contribution in [0.3, 0.4) is 0 Å². The Morgan fingerprint density at radius 3 is 2.66 bits per heavy atom. The highest BCUT2D eigenvalue weighted by atomic mass is 19.3. The predicted molar refractivity (Wildman–Crippen MR) is 154 cm³/mol. The Morgan fingerprint density at radius 1 is 1.27 bits per heavy atom. The second-order valence-corrected chi connectivity index (χ2v) is 11.5. The van der Waals surface area contributed by atoms with Crippen LogP contribution in [-0.4, -0.2) is 73.0 Å². The van der Waals surface area contributed by atoms with Gasteiger partial charge in [-0.3, -0.25) is 9.69 Å². The molecule has 0 spiro atoms. The SMILES string of the molecule is CN1C=C(n2cc(NC(=O)c3coc(-c4ccnc(N(CC5CC5)C(=O)OC(C)(C)C)c4)n3)c(C(F)F)n2)C=CC1C(=O)O. The molecule has 3 aromatic heterocycles. The number of hydrogen-bond donors (Lipinski definition) is 2. The number of alkyl halides is 2. The van der Waals surface area contributed by atoms with E-state index in [1.54, 1.807) is 32.9 Å². The molecule has 4 heterocycles. The maximum Gasteiger partial charge on any atom is 0.416 e. The number of amides is 2. The Labute approximate surface area is 250 Å². The fourth-order valence-corrected chi connectivity index (χ4v) is 4.36. The number of aromatic nitrogens is 4. The summed E-state index contributed by atoms with van der Waals surface area (Å²) in [6.07, 6.45) is 6.47. The first-order chi connectivity index (χ1) is 20.8. The van der Waals surface area contributed by atoms with E-state index in [0.717, 1.165) is 23.8 Å². The van der Waals surface area contributed by atoms with E-state index in [1.807, 2.05) is 0 Å². The number of nitrogens with one attached hydrogen (secondary N) is 1. The quantitative estimate of drug-likeness (QED) is 0.337. The fourth-order valence-electron chi connectivity index (χ4n) is 4.36. The Bertz CT molecular complexity index is 1640. The van der Waals surface area contributed by atoms with Gasteiger partial charge in [-0.2, -0.15) is 5.10 Å². The number of hydrogen-bond acceptors (Lipinski definition) is 9. The number of ether oxygens (including phenoxy) is 1. The van der Waals surface area contributed by atoms with Crippen LogP contribution in [0.4, 0.5) is 25.1 Å². The number of oxazole rings is 1. The number of likely N-dealkylation sites (N-methyl/N-ethyl adjacent to an activating group) is 1. The standard InChI is InChI=1S/C29H31F2N7O6/c1-29(2,3)44-28(42)37(12-16-5-6-16)22-11-17(9-10-32-22)26-34-20(15-43-26)25(39)33-19-14-38(35-23(19)24(30)31)18-7-8-21(27(40)41)36(4)13-18/h7-11,13-16,21,24H,5-6,12H2,1-4H3,(H,33,39)(H,40,41). The molecule has 1 unspecified atom stereocenters. The lowest BCUT2D eigenvalue weighted by Gasteiger charge is -2.27. The van der Waals surface area contributed by atoms with Gasteiger partial charge >= 0.3 is 12.1 Å². The topological polar surface area (TPSA) is 156 Å². The van der Waals surface area contributed by atoms with E-state index in [9.17, 15) is 28.3 Å². The molecule has 5 rings (SSSR count). The van der Waals surface area contributed by atoms with Gasteiger partial charge in [0.15, 0.2) is 11.4 Å². The zero-order chi connectivity index (χ0) is 31.8.